The van der Waals surface area contributed by atoms with E-state index in [1.807, 2.05) is 13.8 Å². The third-order valence-corrected chi connectivity index (χ3v) is 5.96. The number of rotatable bonds is 3. The highest BCUT2D eigenvalue weighted by molar-refractivity contribution is 7.55. The van der Waals surface area contributed by atoms with Crippen molar-refractivity contribution in [2.45, 2.75) is 19.2 Å². The molecule has 1 aliphatic heterocycles. The van der Waals surface area contributed by atoms with E-state index >= 15 is 0 Å². The Hall–Kier alpha value is -0.380. The van der Waals surface area contributed by atoms with Gasteiger partial charge in [0.15, 0.2) is 0 Å². The van der Waals surface area contributed by atoms with E-state index in [1.165, 1.54) is 0 Å². The second-order valence-corrected chi connectivity index (χ2v) is 8.04. The van der Waals surface area contributed by atoms with Gasteiger partial charge >= 0.3 is 7.60 Å². The maximum Gasteiger partial charge on any atom is 0.367 e. The summed E-state index contributed by atoms with van der Waals surface area (Å²) in [5.74, 6) is -0.255. The summed E-state index contributed by atoms with van der Waals surface area (Å²) in [6.07, 6.45) is 0. The molecule has 0 bridgehead atoms. The first-order valence-corrected chi connectivity index (χ1v) is 8.14. The average molecular weight is 305 g/mol. The lowest BCUT2D eigenvalue weighted by atomic mass is 9.97. The van der Waals surface area contributed by atoms with Crippen molar-refractivity contribution < 1.29 is 18.7 Å². The molecular weight excluding hydrogens is 287 g/mol. The highest BCUT2D eigenvalue weighted by Gasteiger charge is 2.54. The fourth-order valence-electron chi connectivity index (χ4n) is 1.83. The molecule has 0 saturated carbocycles. The van der Waals surface area contributed by atoms with Crippen LogP contribution < -0.4 is 0 Å². The summed E-state index contributed by atoms with van der Waals surface area (Å²) in [7, 11) is -3.71. The van der Waals surface area contributed by atoms with Gasteiger partial charge in [-0.3, -0.25) is 4.57 Å². The van der Waals surface area contributed by atoms with Gasteiger partial charge in [-0.25, -0.2) is 0 Å². The smallest absolute Gasteiger partial charge is 0.367 e. The summed E-state index contributed by atoms with van der Waals surface area (Å²) in [4.78, 5) is 0. The number of halogens is 1. The minimum absolute atomic E-state index is 0.224. The van der Waals surface area contributed by atoms with Crippen LogP contribution >= 0.6 is 19.2 Å². The lowest BCUT2D eigenvalue weighted by molar-refractivity contribution is 0.00142. The Morgan fingerprint density at radius 2 is 1.84 bits per heavy atom. The van der Waals surface area contributed by atoms with Crippen LogP contribution in [0.3, 0.4) is 0 Å². The topological polar surface area (TPSA) is 55.8 Å². The van der Waals surface area contributed by atoms with Gasteiger partial charge in [0.25, 0.3) is 0 Å². The molecule has 2 rings (SSSR count). The molecule has 1 heterocycles. The first-order valence-electron chi connectivity index (χ1n) is 6.06. The van der Waals surface area contributed by atoms with Crippen LogP contribution in [0.2, 0.25) is 0 Å². The van der Waals surface area contributed by atoms with Gasteiger partial charge in [0, 0.05) is 5.41 Å². The quantitative estimate of drug-likeness (QED) is 0.687. The fraction of sp³-hybridized carbons (Fsp3) is 0.538. The Labute approximate surface area is 118 Å². The predicted molar refractivity (Wildman–Crippen MR) is 74.4 cm³/mol. The van der Waals surface area contributed by atoms with Gasteiger partial charge in [-0.15, -0.1) is 11.6 Å². The summed E-state index contributed by atoms with van der Waals surface area (Å²) in [5, 5.41) is 8.89. The second kappa shape index (κ2) is 5.19. The van der Waals surface area contributed by atoms with Gasteiger partial charge < -0.3 is 14.2 Å². The van der Waals surface area contributed by atoms with Crippen LogP contribution in [0.25, 0.3) is 0 Å². The van der Waals surface area contributed by atoms with Crippen molar-refractivity contribution in [1.29, 1.82) is 0 Å². The van der Waals surface area contributed by atoms with E-state index in [-0.39, 0.29) is 24.5 Å². The molecule has 1 aromatic rings. The van der Waals surface area contributed by atoms with Crippen LogP contribution in [0.1, 0.15) is 19.4 Å². The van der Waals surface area contributed by atoms with Crippen molar-refractivity contribution in [3.05, 3.63) is 35.9 Å². The zero-order valence-electron chi connectivity index (χ0n) is 11.0. The highest BCUT2D eigenvalue weighted by atomic mass is 35.5. The number of benzene rings is 1. The average Bonchev–Trinajstić information content (AvgIpc) is 2.42. The number of hydrogen-bond donors (Lipinski definition) is 1. The van der Waals surface area contributed by atoms with Gasteiger partial charge in [0.2, 0.25) is 5.34 Å². The number of aliphatic hydroxyl groups is 1. The Kier molecular flexibility index (Phi) is 4.10. The summed E-state index contributed by atoms with van der Waals surface area (Å²) in [5.41, 5.74) is 0.214. The van der Waals surface area contributed by atoms with E-state index in [2.05, 4.69) is 0 Å². The standard InChI is InChI=1S/C13H18ClO4P/c1-12(2)9-17-19(16,18-10-12)13(15,8-14)11-6-4-3-5-7-11/h3-7,15H,8-10H2,1-2H3/t13-/m0/s1. The van der Waals surface area contributed by atoms with Crippen molar-refractivity contribution in [2.24, 2.45) is 5.41 Å². The Morgan fingerprint density at radius 3 is 2.32 bits per heavy atom. The van der Waals surface area contributed by atoms with Gasteiger partial charge in [-0.2, -0.15) is 0 Å². The maximum atomic E-state index is 12.8. The Balaban J connectivity index is 2.35. The van der Waals surface area contributed by atoms with E-state index in [0.717, 1.165) is 0 Å². The Bertz CT molecular complexity index is 477. The molecule has 0 aliphatic carbocycles. The molecule has 4 nitrogen and oxygen atoms in total. The minimum atomic E-state index is -3.71. The zero-order chi connectivity index (χ0) is 14.1. The third-order valence-electron chi connectivity index (χ3n) is 3.13. The van der Waals surface area contributed by atoms with Crippen LogP contribution in [0, 0.1) is 5.41 Å². The van der Waals surface area contributed by atoms with Gasteiger partial charge in [0.05, 0.1) is 19.1 Å². The van der Waals surface area contributed by atoms with E-state index in [9.17, 15) is 9.67 Å². The molecule has 1 aliphatic rings. The van der Waals surface area contributed by atoms with Crippen LogP contribution in [-0.2, 0) is 19.0 Å². The molecule has 0 radical (unpaired) electrons. The van der Waals surface area contributed by atoms with Gasteiger partial charge in [-0.1, -0.05) is 44.2 Å². The monoisotopic (exact) mass is 304 g/mol. The predicted octanol–water partition coefficient (Wildman–Crippen LogP) is 3.34. The van der Waals surface area contributed by atoms with E-state index in [4.69, 9.17) is 20.6 Å². The fourth-order valence-corrected chi connectivity index (χ4v) is 4.57. The SMILES string of the molecule is CC1(C)COP(=O)([C@@](O)(CCl)c2ccccc2)OC1. The van der Waals surface area contributed by atoms with Crippen LogP contribution in [0.15, 0.2) is 30.3 Å². The van der Waals surface area contributed by atoms with E-state index in [0.29, 0.717) is 5.56 Å². The minimum Gasteiger partial charge on any atom is -0.372 e. The van der Waals surface area contributed by atoms with Gasteiger partial charge in [-0.05, 0) is 5.56 Å². The van der Waals surface area contributed by atoms with Gasteiger partial charge in [0.1, 0.15) is 0 Å². The molecule has 1 aromatic carbocycles. The van der Waals surface area contributed by atoms with Crippen LogP contribution in [0.5, 0.6) is 0 Å². The first-order chi connectivity index (χ1) is 8.83. The highest BCUT2D eigenvalue weighted by Crippen LogP contribution is 2.66. The van der Waals surface area contributed by atoms with Crippen molar-refractivity contribution in [1.82, 2.24) is 0 Å². The van der Waals surface area contributed by atoms with Crippen molar-refractivity contribution in [3.63, 3.8) is 0 Å². The molecule has 0 unspecified atom stereocenters. The zero-order valence-corrected chi connectivity index (χ0v) is 12.7. The lowest BCUT2D eigenvalue weighted by Crippen LogP contribution is -2.37. The molecule has 1 atom stereocenters. The molecule has 0 spiro atoms. The first kappa shape index (κ1) is 15.0. The van der Waals surface area contributed by atoms with Crippen molar-refractivity contribution >= 4 is 19.2 Å². The molecule has 6 heteroatoms. The molecule has 0 amide bonds. The molecular formula is C13H18ClO4P. The molecule has 106 valence electrons. The molecule has 19 heavy (non-hydrogen) atoms. The summed E-state index contributed by atoms with van der Waals surface area (Å²) in [6.45, 7) is 4.41. The summed E-state index contributed by atoms with van der Waals surface area (Å²) >= 11 is 5.86. The maximum absolute atomic E-state index is 12.8. The van der Waals surface area contributed by atoms with Crippen LogP contribution in [0.4, 0.5) is 0 Å². The van der Waals surface area contributed by atoms with Crippen molar-refractivity contribution in [3.8, 4) is 0 Å². The molecule has 0 aromatic heterocycles. The lowest BCUT2D eigenvalue weighted by Gasteiger charge is -2.40. The summed E-state index contributed by atoms with van der Waals surface area (Å²) in [6, 6.07) is 8.61. The Morgan fingerprint density at radius 1 is 1.32 bits per heavy atom. The van der Waals surface area contributed by atoms with Crippen molar-refractivity contribution in [2.75, 3.05) is 19.1 Å². The largest absolute Gasteiger partial charge is 0.372 e. The second-order valence-electron chi connectivity index (χ2n) is 5.52. The normalized spacial score (nSPS) is 24.6. The molecule has 1 N–H and O–H groups in total. The number of alkyl halides is 1. The number of hydrogen-bond acceptors (Lipinski definition) is 4. The van der Waals surface area contributed by atoms with E-state index in [1.54, 1.807) is 30.3 Å². The molecule has 1 saturated heterocycles. The third kappa shape index (κ3) is 2.74. The summed E-state index contributed by atoms with van der Waals surface area (Å²) < 4.78 is 23.6. The molecule has 1 fully saturated rings. The van der Waals surface area contributed by atoms with E-state index < -0.39 is 12.9 Å². The van der Waals surface area contributed by atoms with Crippen LogP contribution in [-0.4, -0.2) is 24.2 Å².